The SMILES string of the molecule is Cn1cc(C(=O)O)cc1-c1ccnc(Nc2cc(Br)ccc2OC(F)(F)F)n1. The van der Waals surface area contributed by atoms with Crippen molar-refractivity contribution >= 4 is 33.5 Å². The minimum atomic E-state index is -4.86. The van der Waals surface area contributed by atoms with Gasteiger partial charge in [-0.2, -0.15) is 0 Å². The number of carboxylic acid groups (broad SMARTS) is 1. The lowest BCUT2D eigenvalue weighted by molar-refractivity contribution is -0.274. The van der Waals surface area contributed by atoms with Gasteiger partial charge < -0.3 is 19.7 Å². The van der Waals surface area contributed by atoms with Crippen molar-refractivity contribution in [2.24, 2.45) is 7.05 Å². The summed E-state index contributed by atoms with van der Waals surface area (Å²) in [5.74, 6) is -1.52. The number of carbonyl (C=O) groups is 1. The van der Waals surface area contributed by atoms with Crippen LogP contribution in [0.4, 0.5) is 24.8 Å². The van der Waals surface area contributed by atoms with Crippen LogP contribution in [0.25, 0.3) is 11.4 Å². The summed E-state index contributed by atoms with van der Waals surface area (Å²) >= 11 is 3.19. The molecular weight excluding hydrogens is 445 g/mol. The van der Waals surface area contributed by atoms with Crippen LogP contribution in [0.1, 0.15) is 10.4 Å². The first-order chi connectivity index (χ1) is 13.1. The first kappa shape index (κ1) is 19.7. The molecule has 28 heavy (non-hydrogen) atoms. The Morgan fingerprint density at radius 1 is 1.29 bits per heavy atom. The summed E-state index contributed by atoms with van der Waals surface area (Å²) in [4.78, 5) is 19.4. The van der Waals surface area contributed by atoms with Crippen molar-refractivity contribution < 1.29 is 27.8 Å². The van der Waals surface area contributed by atoms with E-state index in [-0.39, 0.29) is 17.2 Å². The molecule has 0 amide bonds. The molecule has 2 aromatic heterocycles. The molecule has 1 aromatic carbocycles. The normalized spacial score (nSPS) is 11.3. The van der Waals surface area contributed by atoms with E-state index in [4.69, 9.17) is 5.11 Å². The third-order valence-corrected chi connectivity index (χ3v) is 4.08. The average molecular weight is 457 g/mol. The largest absolute Gasteiger partial charge is 0.573 e. The maximum absolute atomic E-state index is 12.6. The van der Waals surface area contributed by atoms with Crippen molar-refractivity contribution in [2.45, 2.75) is 6.36 Å². The van der Waals surface area contributed by atoms with Crippen LogP contribution >= 0.6 is 15.9 Å². The van der Waals surface area contributed by atoms with Crippen molar-refractivity contribution in [3.63, 3.8) is 0 Å². The summed E-state index contributed by atoms with van der Waals surface area (Å²) in [7, 11) is 1.65. The zero-order valence-corrected chi connectivity index (χ0v) is 15.7. The molecule has 2 N–H and O–H groups in total. The van der Waals surface area contributed by atoms with Gasteiger partial charge in [0.15, 0.2) is 5.75 Å². The highest BCUT2D eigenvalue weighted by molar-refractivity contribution is 9.10. The van der Waals surface area contributed by atoms with Gasteiger partial charge in [-0.3, -0.25) is 0 Å². The van der Waals surface area contributed by atoms with Crippen LogP contribution in [-0.2, 0) is 7.05 Å². The van der Waals surface area contributed by atoms with E-state index in [0.29, 0.717) is 15.9 Å². The van der Waals surface area contributed by atoms with Gasteiger partial charge in [-0.05, 0) is 30.3 Å². The standard InChI is InChI=1S/C17H12BrF3N4O3/c1-25-8-9(15(26)27)6-13(25)11-4-5-22-16(23-11)24-12-7-10(18)2-3-14(12)28-17(19,20)21/h2-8H,1H3,(H,26,27)(H,22,23,24). The molecule has 0 aliphatic rings. The molecule has 0 aliphatic carbocycles. The van der Waals surface area contributed by atoms with Gasteiger partial charge in [-0.1, -0.05) is 15.9 Å². The Balaban J connectivity index is 1.94. The van der Waals surface area contributed by atoms with E-state index in [0.717, 1.165) is 6.07 Å². The minimum Gasteiger partial charge on any atom is -0.478 e. The number of hydrogen-bond acceptors (Lipinski definition) is 5. The summed E-state index contributed by atoms with van der Waals surface area (Å²) in [6.07, 6.45) is -2.03. The molecule has 11 heteroatoms. The van der Waals surface area contributed by atoms with Crippen molar-refractivity contribution in [3.05, 3.63) is 52.8 Å². The maximum Gasteiger partial charge on any atom is 0.573 e. The second kappa shape index (κ2) is 7.50. The molecule has 2 heterocycles. The fraction of sp³-hybridized carbons (Fsp3) is 0.118. The molecule has 0 spiro atoms. The van der Waals surface area contributed by atoms with Gasteiger partial charge in [-0.25, -0.2) is 14.8 Å². The number of hydrogen-bond donors (Lipinski definition) is 2. The number of aromatic carboxylic acids is 1. The highest BCUT2D eigenvalue weighted by Crippen LogP contribution is 2.34. The second-order valence-electron chi connectivity index (χ2n) is 5.61. The van der Waals surface area contributed by atoms with Crippen LogP contribution in [0.15, 0.2) is 47.2 Å². The first-order valence-corrected chi connectivity index (χ1v) is 8.47. The highest BCUT2D eigenvalue weighted by Gasteiger charge is 2.32. The van der Waals surface area contributed by atoms with Crippen molar-refractivity contribution in [1.82, 2.24) is 14.5 Å². The molecule has 0 aliphatic heterocycles. The maximum atomic E-state index is 12.6. The molecule has 3 aromatic rings. The predicted molar refractivity (Wildman–Crippen MR) is 97.5 cm³/mol. The van der Waals surface area contributed by atoms with Gasteiger partial charge >= 0.3 is 12.3 Å². The average Bonchev–Trinajstić information content (AvgIpc) is 2.99. The molecule has 0 bridgehead atoms. The topological polar surface area (TPSA) is 89.3 Å². The van der Waals surface area contributed by atoms with Gasteiger partial charge in [0.2, 0.25) is 5.95 Å². The van der Waals surface area contributed by atoms with E-state index in [1.807, 2.05) is 0 Å². The van der Waals surface area contributed by atoms with E-state index in [1.165, 1.54) is 30.6 Å². The third kappa shape index (κ3) is 4.60. The molecule has 0 fully saturated rings. The Hall–Kier alpha value is -3.08. The quantitative estimate of drug-likeness (QED) is 0.583. The molecule has 0 atom stereocenters. The Morgan fingerprint density at radius 2 is 2.04 bits per heavy atom. The summed E-state index contributed by atoms with van der Waals surface area (Å²) in [6.45, 7) is 0. The Bertz CT molecular complexity index is 1040. The molecule has 7 nitrogen and oxygen atoms in total. The van der Waals surface area contributed by atoms with Gasteiger partial charge in [0, 0.05) is 23.9 Å². The van der Waals surface area contributed by atoms with Crippen LogP contribution in [0.3, 0.4) is 0 Å². The Morgan fingerprint density at radius 3 is 2.68 bits per heavy atom. The van der Waals surface area contributed by atoms with Crippen molar-refractivity contribution in [1.29, 1.82) is 0 Å². The lowest BCUT2D eigenvalue weighted by atomic mass is 10.2. The molecule has 0 saturated carbocycles. The number of nitrogens with zero attached hydrogens (tertiary/aromatic N) is 3. The van der Waals surface area contributed by atoms with Gasteiger partial charge in [0.1, 0.15) is 0 Å². The zero-order valence-electron chi connectivity index (χ0n) is 14.2. The molecule has 0 radical (unpaired) electrons. The number of rotatable bonds is 5. The van der Waals surface area contributed by atoms with Gasteiger partial charge in [0.25, 0.3) is 0 Å². The summed E-state index contributed by atoms with van der Waals surface area (Å²) < 4.78 is 44.0. The van der Waals surface area contributed by atoms with E-state index in [9.17, 15) is 18.0 Å². The van der Waals surface area contributed by atoms with Gasteiger partial charge in [-0.15, -0.1) is 13.2 Å². The third-order valence-electron chi connectivity index (χ3n) is 3.58. The number of aromatic nitrogens is 3. The molecule has 0 unspecified atom stereocenters. The lowest BCUT2D eigenvalue weighted by Gasteiger charge is -2.14. The number of ether oxygens (including phenoxy) is 1. The number of benzene rings is 1. The van der Waals surface area contributed by atoms with E-state index in [2.05, 4.69) is 36.0 Å². The van der Waals surface area contributed by atoms with Crippen LogP contribution < -0.4 is 10.1 Å². The van der Waals surface area contributed by atoms with Crippen LogP contribution in [-0.4, -0.2) is 32.0 Å². The van der Waals surface area contributed by atoms with Crippen LogP contribution in [0.5, 0.6) is 5.75 Å². The first-order valence-electron chi connectivity index (χ1n) is 7.68. The smallest absolute Gasteiger partial charge is 0.478 e. The second-order valence-corrected chi connectivity index (χ2v) is 6.52. The monoisotopic (exact) mass is 456 g/mol. The van der Waals surface area contributed by atoms with Crippen LogP contribution in [0.2, 0.25) is 0 Å². The van der Waals surface area contributed by atoms with E-state index >= 15 is 0 Å². The summed E-state index contributed by atoms with van der Waals surface area (Å²) in [5.41, 5.74) is 0.977. The number of alkyl halides is 3. The Kier molecular flexibility index (Phi) is 5.27. The van der Waals surface area contributed by atoms with E-state index in [1.54, 1.807) is 17.7 Å². The van der Waals surface area contributed by atoms with Crippen molar-refractivity contribution in [3.8, 4) is 17.1 Å². The highest BCUT2D eigenvalue weighted by atomic mass is 79.9. The summed E-state index contributed by atoms with van der Waals surface area (Å²) in [5, 5.41) is 11.8. The van der Waals surface area contributed by atoms with Crippen LogP contribution in [0, 0.1) is 0 Å². The number of anilines is 2. The molecule has 0 saturated heterocycles. The fourth-order valence-corrected chi connectivity index (χ4v) is 2.79. The number of halogens is 4. The number of carboxylic acids is 1. The Labute approximate surface area is 164 Å². The zero-order chi connectivity index (χ0) is 20.5. The summed E-state index contributed by atoms with van der Waals surface area (Å²) in [6, 6.07) is 6.94. The molecular formula is C17H12BrF3N4O3. The number of aryl methyl sites for hydroxylation is 1. The number of nitrogens with one attached hydrogen (secondary N) is 1. The minimum absolute atomic E-state index is 0.00181. The van der Waals surface area contributed by atoms with Crippen molar-refractivity contribution in [2.75, 3.05) is 5.32 Å². The molecule has 3 rings (SSSR count). The lowest BCUT2D eigenvalue weighted by Crippen LogP contribution is -2.18. The fourth-order valence-electron chi connectivity index (χ4n) is 2.43. The van der Waals surface area contributed by atoms with E-state index < -0.39 is 18.1 Å². The predicted octanol–water partition coefficient (Wildman–Crippen LogP) is 4.59. The van der Waals surface area contributed by atoms with Gasteiger partial charge in [0.05, 0.1) is 22.6 Å². The molecule has 146 valence electrons.